The molecule has 1 fully saturated rings. The monoisotopic (exact) mass is 269 g/mol. The molecule has 0 radical (unpaired) electrons. The summed E-state index contributed by atoms with van der Waals surface area (Å²) in [6.45, 7) is 2.48. The molecule has 0 spiro atoms. The van der Waals surface area contributed by atoms with Crippen LogP contribution >= 0.6 is 15.9 Å². The second kappa shape index (κ2) is 4.24. The lowest BCUT2D eigenvalue weighted by Crippen LogP contribution is -2.36. The van der Waals surface area contributed by atoms with Crippen molar-refractivity contribution in [2.45, 2.75) is 31.4 Å². The van der Waals surface area contributed by atoms with Gasteiger partial charge >= 0.3 is 0 Å². The zero-order chi connectivity index (χ0) is 10.9. The predicted molar refractivity (Wildman–Crippen MR) is 64.7 cm³/mol. The minimum Gasteiger partial charge on any atom is -0.384 e. The molecule has 1 aliphatic carbocycles. The van der Waals surface area contributed by atoms with E-state index in [1.54, 1.807) is 0 Å². The van der Waals surface area contributed by atoms with Crippen molar-refractivity contribution in [1.82, 2.24) is 5.32 Å². The summed E-state index contributed by atoms with van der Waals surface area (Å²) in [5, 5.41) is 13.6. The van der Waals surface area contributed by atoms with Gasteiger partial charge in [0.2, 0.25) is 0 Å². The van der Waals surface area contributed by atoms with Crippen molar-refractivity contribution in [1.29, 1.82) is 0 Å². The van der Waals surface area contributed by atoms with Gasteiger partial charge in [-0.25, -0.2) is 0 Å². The molecule has 0 bridgehead atoms. The van der Waals surface area contributed by atoms with E-state index in [4.69, 9.17) is 0 Å². The van der Waals surface area contributed by atoms with Gasteiger partial charge in [0.1, 0.15) is 0 Å². The maximum absolute atomic E-state index is 10.3. The molecule has 1 saturated carbocycles. The molecule has 1 unspecified atom stereocenters. The van der Waals surface area contributed by atoms with Crippen LogP contribution in [0.1, 0.15) is 25.3 Å². The van der Waals surface area contributed by atoms with Gasteiger partial charge in [0, 0.05) is 17.1 Å². The van der Waals surface area contributed by atoms with Gasteiger partial charge < -0.3 is 10.4 Å². The van der Waals surface area contributed by atoms with E-state index in [1.165, 1.54) is 12.8 Å². The van der Waals surface area contributed by atoms with Crippen LogP contribution in [0, 0.1) is 0 Å². The molecule has 0 saturated heterocycles. The Morgan fingerprint density at radius 1 is 1.40 bits per heavy atom. The predicted octanol–water partition coefficient (Wildman–Crippen LogP) is 2.41. The zero-order valence-corrected chi connectivity index (χ0v) is 10.4. The summed E-state index contributed by atoms with van der Waals surface area (Å²) >= 11 is 3.39. The van der Waals surface area contributed by atoms with Crippen molar-refractivity contribution < 1.29 is 5.11 Å². The van der Waals surface area contributed by atoms with Crippen LogP contribution in [0.4, 0.5) is 0 Å². The molecule has 2 rings (SSSR count). The fourth-order valence-electron chi connectivity index (χ4n) is 1.54. The Balaban J connectivity index is 2.02. The van der Waals surface area contributed by atoms with Crippen molar-refractivity contribution in [3.63, 3.8) is 0 Å². The molecule has 1 aromatic rings. The molecule has 0 heterocycles. The van der Waals surface area contributed by atoms with Crippen molar-refractivity contribution in [3.8, 4) is 0 Å². The first-order valence-corrected chi connectivity index (χ1v) is 6.09. The van der Waals surface area contributed by atoms with Gasteiger partial charge in [-0.15, -0.1) is 0 Å². The van der Waals surface area contributed by atoms with Crippen LogP contribution in [-0.4, -0.2) is 17.7 Å². The molecule has 3 heteroatoms. The summed E-state index contributed by atoms with van der Waals surface area (Å²) < 4.78 is 1.04. The molecule has 1 aliphatic rings. The molecule has 15 heavy (non-hydrogen) atoms. The quantitative estimate of drug-likeness (QED) is 0.880. The number of rotatable bonds is 4. The highest BCUT2D eigenvalue weighted by Gasteiger charge is 2.27. The molecule has 0 aliphatic heterocycles. The van der Waals surface area contributed by atoms with Gasteiger partial charge in [-0.2, -0.15) is 0 Å². The Kier molecular flexibility index (Phi) is 3.14. The van der Waals surface area contributed by atoms with E-state index in [2.05, 4.69) is 21.2 Å². The van der Waals surface area contributed by atoms with Gasteiger partial charge in [0.05, 0.1) is 5.60 Å². The van der Waals surface area contributed by atoms with E-state index < -0.39 is 5.60 Å². The maximum Gasteiger partial charge on any atom is 0.0992 e. The lowest BCUT2D eigenvalue weighted by molar-refractivity contribution is 0.0566. The van der Waals surface area contributed by atoms with Crippen LogP contribution in [0.15, 0.2) is 28.7 Å². The van der Waals surface area contributed by atoms with E-state index in [0.717, 1.165) is 10.0 Å². The SMILES string of the molecule is CC(O)(CNC1CC1)c1ccc(Br)cc1. The summed E-state index contributed by atoms with van der Waals surface area (Å²) in [5.41, 5.74) is 0.183. The molecule has 82 valence electrons. The average Bonchev–Trinajstić information content (AvgIpc) is 2.99. The smallest absolute Gasteiger partial charge is 0.0992 e. The maximum atomic E-state index is 10.3. The third-order valence-corrected chi connectivity index (χ3v) is 3.31. The third kappa shape index (κ3) is 3.03. The third-order valence-electron chi connectivity index (χ3n) is 2.78. The Morgan fingerprint density at radius 3 is 2.53 bits per heavy atom. The van der Waals surface area contributed by atoms with Gasteiger partial charge in [-0.1, -0.05) is 28.1 Å². The standard InChI is InChI=1S/C12H16BrNO/c1-12(15,8-14-11-6-7-11)9-2-4-10(13)5-3-9/h2-5,11,14-15H,6-8H2,1H3. The van der Waals surface area contributed by atoms with Gasteiger partial charge in [-0.3, -0.25) is 0 Å². The van der Waals surface area contributed by atoms with Gasteiger partial charge in [0.15, 0.2) is 0 Å². The first-order chi connectivity index (χ1) is 7.08. The van der Waals surface area contributed by atoms with Crippen LogP contribution in [-0.2, 0) is 5.60 Å². The summed E-state index contributed by atoms with van der Waals surface area (Å²) in [5.74, 6) is 0. The summed E-state index contributed by atoms with van der Waals surface area (Å²) in [6.07, 6.45) is 2.49. The molecular formula is C12H16BrNO. The van der Waals surface area contributed by atoms with E-state index in [0.29, 0.717) is 12.6 Å². The van der Waals surface area contributed by atoms with Crippen LogP contribution in [0.5, 0.6) is 0 Å². The largest absolute Gasteiger partial charge is 0.384 e. The first-order valence-electron chi connectivity index (χ1n) is 5.30. The highest BCUT2D eigenvalue weighted by Crippen LogP contribution is 2.24. The molecule has 2 nitrogen and oxygen atoms in total. The number of hydrogen-bond acceptors (Lipinski definition) is 2. The van der Waals surface area contributed by atoms with E-state index in [9.17, 15) is 5.11 Å². The summed E-state index contributed by atoms with van der Waals surface area (Å²) in [4.78, 5) is 0. The summed E-state index contributed by atoms with van der Waals surface area (Å²) in [7, 11) is 0. The van der Waals surface area contributed by atoms with E-state index >= 15 is 0 Å². The van der Waals surface area contributed by atoms with Crippen molar-refractivity contribution in [2.24, 2.45) is 0 Å². The number of halogens is 1. The van der Waals surface area contributed by atoms with Crippen molar-refractivity contribution in [3.05, 3.63) is 34.3 Å². The molecule has 0 amide bonds. The van der Waals surface area contributed by atoms with E-state index in [1.807, 2.05) is 31.2 Å². The second-order valence-corrected chi connectivity index (χ2v) is 5.35. The van der Waals surface area contributed by atoms with Crippen molar-refractivity contribution in [2.75, 3.05) is 6.54 Å². The highest BCUT2D eigenvalue weighted by atomic mass is 79.9. The highest BCUT2D eigenvalue weighted by molar-refractivity contribution is 9.10. The summed E-state index contributed by atoms with van der Waals surface area (Å²) in [6, 6.07) is 8.46. The lowest BCUT2D eigenvalue weighted by Gasteiger charge is -2.24. The minimum atomic E-state index is -0.775. The topological polar surface area (TPSA) is 32.3 Å². The van der Waals surface area contributed by atoms with Crippen LogP contribution in [0.3, 0.4) is 0 Å². The molecule has 2 N–H and O–H groups in total. The normalized spacial score (nSPS) is 19.9. The Hall–Kier alpha value is -0.380. The fraction of sp³-hybridized carbons (Fsp3) is 0.500. The average molecular weight is 270 g/mol. The Morgan fingerprint density at radius 2 is 2.00 bits per heavy atom. The van der Waals surface area contributed by atoms with Crippen LogP contribution < -0.4 is 5.32 Å². The van der Waals surface area contributed by atoms with Crippen LogP contribution in [0.2, 0.25) is 0 Å². The Bertz CT molecular complexity index is 330. The Labute approximate surface area is 98.8 Å². The molecule has 0 aromatic heterocycles. The second-order valence-electron chi connectivity index (χ2n) is 4.44. The lowest BCUT2D eigenvalue weighted by atomic mass is 9.96. The van der Waals surface area contributed by atoms with Crippen LogP contribution in [0.25, 0.3) is 0 Å². The number of benzene rings is 1. The number of aliphatic hydroxyl groups is 1. The van der Waals surface area contributed by atoms with Gasteiger partial charge in [0.25, 0.3) is 0 Å². The fourth-order valence-corrected chi connectivity index (χ4v) is 1.81. The first kappa shape index (κ1) is 11.1. The molecular weight excluding hydrogens is 254 g/mol. The minimum absolute atomic E-state index is 0.624. The zero-order valence-electron chi connectivity index (χ0n) is 8.83. The number of hydrogen-bond donors (Lipinski definition) is 2. The molecule has 1 aromatic carbocycles. The van der Waals surface area contributed by atoms with Gasteiger partial charge in [-0.05, 0) is 37.5 Å². The number of nitrogens with one attached hydrogen (secondary N) is 1. The van der Waals surface area contributed by atoms with Crippen molar-refractivity contribution >= 4 is 15.9 Å². The molecule has 1 atom stereocenters. The van der Waals surface area contributed by atoms with E-state index in [-0.39, 0.29) is 0 Å².